The Morgan fingerprint density at radius 3 is 2.88 bits per heavy atom. The Kier molecular flexibility index (Phi) is 6.52. The first-order chi connectivity index (χ1) is 16.2. The lowest BCUT2D eigenvalue weighted by Crippen LogP contribution is -2.39. The van der Waals surface area contributed by atoms with Gasteiger partial charge in [-0.05, 0) is 48.4 Å². The van der Waals surface area contributed by atoms with Crippen LogP contribution >= 0.6 is 11.3 Å². The van der Waals surface area contributed by atoms with Crippen LogP contribution in [0.5, 0.6) is 11.5 Å². The maximum absolute atomic E-state index is 13.7. The van der Waals surface area contributed by atoms with Crippen LogP contribution in [0.15, 0.2) is 42.5 Å². The Bertz CT molecular complexity index is 1180. The van der Waals surface area contributed by atoms with Crippen molar-refractivity contribution in [1.29, 1.82) is 0 Å². The smallest absolute Gasteiger partial charge is 0.252 e. The van der Waals surface area contributed by atoms with Crippen molar-refractivity contribution >= 4 is 38.7 Å². The van der Waals surface area contributed by atoms with Gasteiger partial charge < -0.3 is 14.2 Å². The van der Waals surface area contributed by atoms with Gasteiger partial charge >= 0.3 is 0 Å². The molecule has 0 N–H and O–H groups in total. The van der Waals surface area contributed by atoms with E-state index in [0.29, 0.717) is 28.7 Å². The van der Waals surface area contributed by atoms with Gasteiger partial charge in [-0.15, -0.1) is 0 Å². The number of ether oxygens (including phenoxy) is 3. The fraction of sp³-hybridized carbons (Fsp3) is 0.333. The number of hydrogen-bond donors (Lipinski definition) is 0. The van der Waals surface area contributed by atoms with E-state index in [1.807, 2.05) is 18.2 Å². The summed E-state index contributed by atoms with van der Waals surface area (Å²) in [6.07, 6.45) is 4.10. The summed E-state index contributed by atoms with van der Waals surface area (Å²) in [5.41, 5.74) is 1.52. The fourth-order valence-electron chi connectivity index (χ4n) is 3.85. The van der Waals surface area contributed by atoms with E-state index in [1.54, 1.807) is 23.1 Å². The highest BCUT2D eigenvalue weighted by atomic mass is 32.1. The van der Waals surface area contributed by atoms with Gasteiger partial charge in [0.2, 0.25) is 6.79 Å². The maximum atomic E-state index is 13.7. The van der Waals surface area contributed by atoms with Gasteiger partial charge in [0.1, 0.15) is 5.82 Å². The number of carbonyl (C=O) groups excluding carboxylic acids is 1. The van der Waals surface area contributed by atoms with Crippen LogP contribution in [0.3, 0.4) is 0 Å². The van der Waals surface area contributed by atoms with Crippen molar-refractivity contribution in [2.75, 3.05) is 51.1 Å². The number of nitrogens with zero attached hydrogens (tertiary/aromatic N) is 3. The number of rotatable bonds is 7. The van der Waals surface area contributed by atoms with Gasteiger partial charge in [-0.3, -0.25) is 14.6 Å². The van der Waals surface area contributed by atoms with Gasteiger partial charge in [-0.25, -0.2) is 9.37 Å². The molecule has 0 radical (unpaired) electrons. The van der Waals surface area contributed by atoms with Crippen molar-refractivity contribution in [1.82, 2.24) is 9.88 Å². The second kappa shape index (κ2) is 9.86. The van der Waals surface area contributed by atoms with Crippen LogP contribution in [0.1, 0.15) is 12.0 Å². The number of hydrogen-bond acceptors (Lipinski definition) is 7. The molecule has 7 nitrogen and oxygen atoms in total. The Balaban J connectivity index is 1.33. The highest BCUT2D eigenvalue weighted by molar-refractivity contribution is 7.22. The molecular weight excluding hydrogens is 445 g/mol. The maximum Gasteiger partial charge on any atom is 0.252 e. The quantitative estimate of drug-likeness (QED) is 0.489. The van der Waals surface area contributed by atoms with Gasteiger partial charge in [-0.2, -0.15) is 0 Å². The number of anilines is 1. The third-order valence-corrected chi connectivity index (χ3v) is 6.65. The van der Waals surface area contributed by atoms with Gasteiger partial charge in [0, 0.05) is 32.3 Å². The Morgan fingerprint density at radius 1 is 1.15 bits per heavy atom. The molecule has 0 aliphatic carbocycles. The number of amides is 1. The molecule has 1 aromatic heterocycles. The minimum atomic E-state index is -0.314. The average molecular weight is 470 g/mol. The number of morpholine rings is 1. The van der Waals surface area contributed by atoms with Crippen molar-refractivity contribution in [2.45, 2.75) is 6.42 Å². The molecule has 1 fully saturated rings. The lowest BCUT2D eigenvalue weighted by Gasteiger charge is -2.27. The molecule has 33 heavy (non-hydrogen) atoms. The summed E-state index contributed by atoms with van der Waals surface area (Å²) < 4.78 is 30.5. The van der Waals surface area contributed by atoms with Crippen molar-refractivity contribution in [2.24, 2.45) is 0 Å². The number of fused-ring (bicyclic) bond motifs is 2. The van der Waals surface area contributed by atoms with E-state index in [-0.39, 0.29) is 18.5 Å². The lowest BCUT2D eigenvalue weighted by atomic mass is 10.2. The van der Waals surface area contributed by atoms with Crippen molar-refractivity contribution in [3.8, 4) is 11.5 Å². The van der Waals surface area contributed by atoms with E-state index in [1.165, 1.54) is 23.5 Å². The van der Waals surface area contributed by atoms with Gasteiger partial charge in [0.05, 0.1) is 23.4 Å². The molecule has 2 aromatic carbocycles. The standard InChI is InChI=1S/C24H24FN3O4S/c25-18-4-5-19-22(15-18)33-24(26-19)28(9-1-8-27-10-12-30-13-11-27)23(29)7-3-17-2-6-20-21(14-17)32-16-31-20/h2-7,14-15H,1,8-13,16H2/b7-3+. The molecule has 2 aliphatic heterocycles. The summed E-state index contributed by atoms with van der Waals surface area (Å²) in [4.78, 5) is 21.8. The van der Waals surface area contributed by atoms with E-state index in [0.717, 1.165) is 49.5 Å². The molecular formula is C24H24FN3O4S. The first kappa shape index (κ1) is 21.8. The fourth-order valence-corrected chi connectivity index (χ4v) is 4.88. The molecule has 0 unspecified atom stereocenters. The number of halogens is 1. The summed E-state index contributed by atoms with van der Waals surface area (Å²) in [7, 11) is 0. The average Bonchev–Trinajstić information content (AvgIpc) is 3.47. The van der Waals surface area contributed by atoms with Gasteiger partial charge in [0.15, 0.2) is 16.6 Å². The van der Waals surface area contributed by atoms with Gasteiger partial charge in [0.25, 0.3) is 5.91 Å². The zero-order valence-electron chi connectivity index (χ0n) is 18.0. The van der Waals surface area contributed by atoms with Crippen LogP contribution in [0.4, 0.5) is 9.52 Å². The van der Waals surface area contributed by atoms with E-state index in [4.69, 9.17) is 14.2 Å². The molecule has 0 bridgehead atoms. The molecule has 0 atom stereocenters. The van der Waals surface area contributed by atoms with E-state index < -0.39 is 0 Å². The highest BCUT2D eigenvalue weighted by Gasteiger charge is 2.19. The third-order valence-electron chi connectivity index (χ3n) is 5.61. The van der Waals surface area contributed by atoms with Crippen LogP contribution in [0.25, 0.3) is 16.3 Å². The minimum Gasteiger partial charge on any atom is -0.454 e. The molecule has 1 saturated heterocycles. The van der Waals surface area contributed by atoms with Gasteiger partial charge in [-0.1, -0.05) is 17.4 Å². The van der Waals surface area contributed by atoms with Crippen molar-refractivity contribution < 1.29 is 23.4 Å². The molecule has 3 heterocycles. The predicted octanol–water partition coefficient (Wildman–Crippen LogP) is 3.93. The van der Waals surface area contributed by atoms with Crippen molar-refractivity contribution in [3.63, 3.8) is 0 Å². The largest absolute Gasteiger partial charge is 0.454 e. The molecule has 3 aromatic rings. The SMILES string of the molecule is O=C(/C=C/c1ccc2c(c1)OCO2)N(CCCN1CCOCC1)c1nc2ccc(F)cc2s1. The molecule has 5 rings (SSSR count). The molecule has 0 spiro atoms. The zero-order chi connectivity index (χ0) is 22.6. The minimum absolute atomic E-state index is 0.172. The Hall–Kier alpha value is -3.01. The van der Waals surface area contributed by atoms with Crippen LogP contribution < -0.4 is 14.4 Å². The number of benzene rings is 2. The van der Waals surface area contributed by atoms with Crippen LogP contribution in [-0.2, 0) is 9.53 Å². The zero-order valence-corrected chi connectivity index (χ0v) is 18.9. The topological polar surface area (TPSA) is 64.1 Å². The van der Waals surface area contributed by atoms with Crippen molar-refractivity contribution in [3.05, 3.63) is 53.9 Å². The van der Waals surface area contributed by atoms with E-state index in [2.05, 4.69) is 9.88 Å². The molecule has 2 aliphatic rings. The first-order valence-corrected chi connectivity index (χ1v) is 11.7. The second-order valence-corrected chi connectivity index (χ2v) is 8.86. The summed E-state index contributed by atoms with van der Waals surface area (Å²) in [6, 6.07) is 10.0. The monoisotopic (exact) mass is 469 g/mol. The third kappa shape index (κ3) is 5.16. The number of thiazole rings is 1. The normalized spacial score (nSPS) is 16.0. The van der Waals surface area contributed by atoms with Crippen LogP contribution in [0.2, 0.25) is 0 Å². The molecule has 1 amide bonds. The number of aromatic nitrogens is 1. The lowest BCUT2D eigenvalue weighted by molar-refractivity contribution is -0.114. The Labute approximate surface area is 195 Å². The summed E-state index contributed by atoms with van der Waals surface area (Å²) >= 11 is 1.32. The second-order valence-electron chi connectivity index (χ2n) is 7.85. The Morgan fingerprint density at radius 2 is 2.00 bits per heavy atom. The first-order valence-electron chi connectivity index (χ1n) is 10.9. The summed E-state index contributed by atoms with van der Waals surface area (Å²) in [6.45, 7) is 4.88. The number of carbonyl (C=O) groups is 1. The van der Waals surface area contributed by atoms with E-state index >= 15 is 0 Å². The molecule has 9 heteroatoms. The highest BCUT2D eigenvalue weighted by Crippen LogP contribution is 2.33. The molecule has 172 valence electrons. The summed E-state index contributed by atoms with van der Waals surface area (Å²) in [5.74, 6) is 0.879. The summed E-state index contributed by atoms with van der Waals surface area (Å²) in [5, 5.41) is 0.568. The predicted molar refractivity (Wildman–Crippen MR) is 125 cm³/mol. The van der Waals surface area contributed by atoms with Crippen LogP contribution in [0, 0.1) is 5.82 Å². The molecule has 0 saturated carbocycles. The van der Waals surface area contributed by atoms with E-state index in [9.17, 15) is 9.18 Å². The van der Waals surface area contributed by atoms with Crippen LogP contribution in [-0.4, -0.2) is 62.0 Å².